The van der Waals surface area contributed by atoms with Crippen LogP contribution in [0.15, 0.2) is 53.3 Å². The number of hydrogen-bond donors (Lipinski definition) is 1. The predicted molar refractivity (Wildman–Crippen MR) is 89.4 cm³/mol. The van der Waals surface area contributed by atoms with E-state index in [1.165, 1.54) is 12.1 Å². The van der Waals surface area contributed by atoms with Gasteiger partial charge in [0, 0.05) is 0 Å². The van der Waals surface area contributed by atoms with E-state index in [2.05, 4.69) is 10.3 Å². The molecule has 2 aromatic carbocycles. The highest BCUT2D eigenvalue weighted by Crippen LogP contribution is 2.20. The SMILES string of the molecule is CC[C@@H](NC)c1nc2ccccc2c(=O)n1-c1ccc(F)cc1. The number of halogens is 1. The lowest BCUT2D eigenvalue weighted by Crippen LogP contribution is -2.29. The lowest BCUT2D eigenvalue weighted by molar-refractivity contribution is 0.529. The van der Waals surface area contributed by atoms with E-state index < -0.39 is 0 Å². The van der Waals surface area contributed by atoms with E-state index in [0.29, 0.717) is 22.4 Å². The molecule has 0 fully saturated rings. The molecular formula is C18H18FN3O. The van der Waals surface area contributed by atoms with E-state index in [0.717, 1.165) is 6.42 Å². The number of hydrogen-bond acceptors (Lipinski definition) is 3. The van der Waals surface area contributed by atoms with Crippen LogP contribution in [-0.2, 0) is 0 Å². The van der Waals surface area contributed by atoms with E-state index in [4.69, 9.17) is 0 Å². The molecular weight excluding hydrogens is 293 g/mol. The number of nitrogens with zero attached hydrogens (tertiary/aromatic N) is 2. The highest BCUT2D eigenvalue weighted by molar-refractivity contribution is 5.77. The van der Waals surface area contributed by atoms with Crippen molar-refractivity contribution >= 4 is 10.9 Å². The largest absolute Gasteiger partial charge is 0.310 e. The second kappa shape index (κ2) is 6.30. The highest BCUT2D eigenvalue weighted by atomic mass is 19.1. The van der Waals surface area contributed by atoms with Crippen molar-refractivity contribution in [3.8, 4) is 5.69 Å². The van der Waals surface area contributed by atoms with Crippen LogP contribution in [-0.4, -0.2) is 16.6 Å². The van der Waals surface area contributed by atoms with E-state index in [1.807, 2.05) is 32.2 Å². The lowest BCUT2D eigenvalue weighted by atomic mass is 10.1. The third kappa shape index (κ3) is 2.75. The summed E-state index contributed by atoms with van der Waals surface area (Å²) in [4.78, 5) is 17.7. The Hall–Kier alpha value is -2.53. The van der Waals surface area contributed by atoms with Crippen molar-refractivity contribution in [2.24, 2.45) is 0 Å². The Morgan fingerprint density at radius 1 is 1.17 bits per heavy atom. The molecule has 3 aromatic rings. The van der Waals surface area contributed by atoms with Crippen LogP contribution in [0.4, 0.5) is 4.39 Å². The first-order chi connectivity index (χ1) is 11.2. The summed E-state index contributed by atoms with van der Waals surface area (Å²) in [7, 11) is 1.84. The Labute approximate surface area is 133 Å². The first kappa shape index (κ1) is 15.4. The van der Waals surface area contributed by atoms with Crippen LogP contribution >= 0.6 is 0 Å². The number of aromatic nitrogens is 2. The molecule has 0 aliphatic rings. The summed E-state index contributed by atoms with van der Waals surface area (Å²) in [5, 5.41) is 3.73. The summed E-state index contributed by atoms with van der Waals surface area (Å²) in [5.74, 6) is 0.295. The molecule has 0 unspecified atom stereocenters. The normalized spacial score (nSPS) is 12.5. The van der Waals surface area contributed by atoms with Crippen molar-refractivity contribution in [3.05, 3.63) is 70.5 Å². The van der Waals surface area contributed by atoms with Crippen molar-refractivity contribution < 1.29 is 4.39 Å². The molecule has 118 valence electrons. The standard InChI is InChI=1S/C18H18FN3O/c1-3-15(20-2)17-21-16-7-5-4-6-14(16)18(23)22(17)13-10-8-12(19)9-11-13/h4-11,15,20H,3H2,1-2H3/t15-/m1/s1. The van der Waals surface area contributed by atoms with Gasteiger partial charge in [0.2, 0.25) is 0 Å². The molecule has 23 heavy (non-hydrogen) atoms. The average molecular weight is 311 g/mol. The zero-order valence-electron chi connectivity index (χ0n) is 13.1. The van der Waals surface area contributed by atoms with Crippen molar-refractivity contribution in [2.45, 2.75) is 19.4 Å². The fraction of sp³-hybridized carbons (Fsp3) is 0.222. The van der Waals surface area contributed by atoms with Crippen LogP contribution in [0.25, 0.3) is 16.6 Å². The Kier molecular flexibility index (Phi) is 4.21. The fourth-order valence-corrected chi connectivity index (χ4v) is 2.74. The third-order valence-electron chi connectivity index (χ3n) is 3.95. The van der Waals surface area contributed by atoms with Gasteiger partial charge < -0.3 is 5.32 Å². The third-order valence-corrected chi connectivity index (χ3v) is 3.95. The van der Waals surface area contributed by atoms with Crippen molar-refractivity contribution in [2.75, 3.05) is 7.05 Å². The molecule has 0 saturated heterocycles. The molecule has 0 radical (unpaired) electrons. The molecule has 0 spiro atoms. The molecule has 1 N–H and O–H groups in total. The molecule has 1 aromatic heterocycles. The molecule has 1 heterocycles. The first-order valence-electron chi connectivity index (χ1n) is 7.60. The molecule has 0 aliphatic heterocycles. The van der Waals surface area contributed by atoms with Gasteiger partial charge in [-0.1, -0.05) is 19.1 Å². The molecule has 4 nitrogen and oxygen atoms in total. The van der Waals surface area contributed by atoms with Gasteiger partial charge in [-0.3, -0.25) is 9.36 Å². The maximum atomic E-state index is 13.2. The van der Waals surface area contributed by atoms with Gasteiger partial charge >= 0.3 is 0 Å². The maximum absolute atomic E-state index is 13.2. The monoisotopic (exact) mass is 311 g/mol. The van der Waals surface area contributed by atoms with Gasteiger partial charge in [0.1, 0.15) is 11.6 Å². The van der Waals surface area contributed by atoms with Crippen molar-refractivity contribution in [1.82, 2.24) is 14.9 Å². The molecule has 0 bridgehead atoms. The van der Waals surface area contributed by atoms with Gasteiger partial charge in [0.15, 0.2) is 0 Å². The fourth-order valence-electron chi connectivity index (χ4n) is 2.74. The number of rotatable bonds is 4. The second-order valence-electron chi connectivity index (χ2n) is 5.35. The summed E-state index contributed by atoms with van der Waals surface area (Å²) in [6.07, 6.45) is 0.780. The molecule has 0 amide bonds. The second-order valence-corrected chi connectivity index (χ2v) is 5.35. The Balaban J connectivity index is 2.36. The van der Waals surface area contributed by atoms with Gasteiger partial charge in [0.25, 0.3) is 5.56 Å². The van der Waals surface area contributed by atoms with Crippen molar-refractivity contribution in [1.29, 1.82) is 0 Å². The minimum absolute atomic E-state index is 0.0719. The minimum Gasteiger partial charge on any atom is -0.310 e. The molecule has 3 rings (SSSR count). The van der Waals surface area contributed by atoms with Gasteiger partial charge in [0.05, 0.1) is 22.6 Å². The summed E-state index contributed by atoms with van der Waals surface area (Å²) >= 11 is 0. The lowest BCUT2D eigenvalue weighted by Gasteiger charge is -2.20. The number of benzene rings is 2. The van der Waals surface area contributed by atoms with Crippen LogP contribution in [0.3, 0.4) is 0 Å². The predicted octanol–water partition coefficient (Wildman–Crippen LogP) is 3.20. The summed E-state index contributed by atoms with van der Waals surface area (Å²) in [6.45, 7) is 2.03. The zero-order valence-corrected chi connectivity index (χ0v) is 13.1. The van der Waals surface area contributed by atoms with E-state index in [1.54, 1.807) is 22.8 Å². The van der Waals surface area contributed by atoms with Crippen LogP contribution < -0.4 is 10.9 Å². The Morgan fingerprint density at radius 3 is 2.52 bits per heavy atom. The van der Waals surface area contributed by atoms with Crippen LogP contribution in [0, 0.1) is 5.82 Å². The smallest absolute Gasteiger partial charge is 0.266 e. The number of fused-ring (bicyclic) bond motifs is 1. The summed E-state index contributed by atoms with van der Waals surface area (Å²) < 4.78 is 14.8. The zero-order chi connectivity index (χ0) is 16.4. The molecule has 0 saturated carbocycles. The van der Waals surface area contributed by atoms with Gasteiger partial charge in [-0.2, -0.15) is 0 Å². The van der Waals surface area contributed by atoms with Gasteiger partial charge in [-0.25, -0.2) is 9.37 Å². The van der Waals surface area contributed by atoms with Crippen molar-refractivity contribution in [3.63, 3.8) is 0 Å². The summed E-state index contributed by atoms with van der Waals surface area (Å²) in [5.41, 5.74) is 1.13. The number of para-hydroxylation sites is 1. The van der Waals surface area contributed by atoms with Gasteiger partial charge in [-0.15, -0.1) is 0 Å². The Bertz CT molecular complexity index is 883. The highest BCUT2D eigenvalue weighted by Gasteiger charge is 2.18. The van der Waals surface area contributed by atoms with Crippen LogP contribution in [0.5, 0.6) is 0 Å². The minimum atomic E-state index is -0.335. The molecule has 1 atom stereocenters. The topological polar surface area (TPSA) is 46.9 Å². The summed E-state index contributed by atoms with van der Waals surface area (Å²) in [6, 6.07) is 13.1. The molecule has 0 aliphatic carbocycles. The quantitative estimate of drug-likeness (QED) is 0.805. The Morgan fingerprint density at radius 2 is 1.87 bits per heavy atom. The van der Waals surface area contributed by atoms with Gasteiger partial charge in [-0.05, 0) is 49.9 Å². The van der Waals surface area contributed by atoms with E-state index >= 15 is 0 Å². The number of nitrogens with one attached hydrogen (secondary N) is 1. The van der Waals surface area contributed by atoms with E-state index in [-0.39, 0.29) is 17.4 Å². The first-order valence-corrected chi connectivity index (χ1v) is 7.60. The van der Waals surface area contributed by atoms with Crippen LogP contribution in [0.1, 0.15) is 25.2 Å². The maximum Gasteiger partial charge on any atom is 0.266 e. The average Bonchev–Trinajstić information content (AvgIpc) is 2.57. The molecule has 5 heteroatoms. The van der Waals surface area contributed by atoms with Crippen LogP contribution in [0.2, 0.25) is 0 Å². The van der Waals surface area contributed by atoms with E-state index in [9.17, 15) is 9.18 Å².